The van der Waals surface area contributed by atoms with E-state index in [0.29, 0.717) is 120 Å². The van der Waals surface area contributed by atoms with Crippen LogP contribution in [0.4, 0.5) is 11.8 Å². The van der Waals surface area contributed by atoms with Gasteiger partial charge in [0.15, 0.2) is 17.0 Å². The number of hydrogen-bond donors (Lipinski definition) is 4. The third-order valence-electron chi connectivity index (χ3n) is 25.4. The summed E-state index contributed by atoms with van der Waals surface area (Å²) in [5, 5.41) is 26.3. The van der Waals surface area contributed by atoms with Gasteiger partial charge in [0.2, 0.25) is 23.6 Å². The van der Waals surface area contributed by atoms with Crippen molar-refractivity contribution in [2.45, 2.75) is 213 Å². The number of carbonyl (C=O) groups is 8. The second-order valence-corrected chi connectivity index (χ2v) is 40.3. The van der Waals surface area contributed by atoms with Crippen LogP contribution < -0.4 is 30.3 Å². The summed E-state index contributed by atoms with van der Waals surface area (Å²) in [6.07, 6.45) is 6.97. The molecule has 6 aliphatic carbocycles. The first-order valence-electron chi connectivity index (χ1n) is 42.1. The number of aromatic amines is 1. The third kappa shape index (κ3) is 20.4. The maximum atomic E-state index is 14.7. The van der Waals surface area contributed by atoms with Crippen molar-refractivity contribution in [2.75, 3.05) is 45.1 Å². The number of ketones is 2. The number of carbonyl (C=O) groups excluding carboxylic acids is 7. The molecule has 16 atom stereocenters. The number of amides is 2. The monoisotopic (exact) mass is 1830 g/mol. The Kier molecular flexibility index (Phi) is 27.2. The van der Waals surface area contributed by atoms with Gasteiger partial charge in [-0.2, -0.15) is 8.42 Å². The second kappa shape index (κ2) is 36.7. The largest absolute Gasteiger partial charge is 0.495 e. The number of rotatable bonds is 31. The van der Waals surface area contributed by atoms with E-state index in [-0.39, 0.29) is 115 Å². The lowest BCUT2D eigenvalue weighted by molar-refractivity contribution is -0.157. The van der Waals surface area contributed by atoms with Gasteiger partial charge in [0, 0.05) is 83.8 Å². The third-order valence-corrected chi connectivity index (χ3v) is 28.0. The van der Waals surface area contributed by atoms with E-state index in [2.05, 4.69) is 55.0 Å². The highest BCUT2D eigenvalue weighted by molar-refractivity contribution is 9.10. The number of halogens is 3. The first-order chi connectivity index (χ1) is 58.6. The number of aromatic nitrogens is 4. The number of nitrogens with zero attached hydrogens (tertiary/aromatic N) is 5. The summed E-state index contributed by atoms with van der Waals surface area (Å²) < 4.78 is 77.4. The number of pyridine rings is 2. The second-order valence-electron chi connectivity index (χ2n) is 37.0. The lowest BCUT2D eigenvalue weighted by atomic mass is 9.77. The Morgan fingerprint density at radius 2 is 1.10 bits per heavy atom. The number of aliphatic carboxylic acids is 1. The van der Waals surface area contributed by atoms with Gasteiger partial charge in [0.1, 0.15) is 57.0 Å². The van der Waals surface area contributed by atoms with Gasteiger partial charge >= 0.3 is 23.9 Å². The Morgan fingerprint density at radius 1 is 0.621 bits per heavy atom. The van der Waals surface area contributed by atoms with Gasteiger partial charge in [-0.3, -0.25) is 47.3 Å². The Hall–Kier alpha value is -9.69. The van der Waals surface area contributed by atoms with E-state index >= 15 is 0 Å². The molecule has 29 nitrogen and oxygen atoms in total. The number of allylic oxidation sites excluding steroid dienone is 2. The van der Waals surface area contributed by atoms with Crippen LogP contribution in [-0.4, -0.2) is 174 Å². The Labute approximate surface area is 738 Å². The molecule has 2 amide bonds. The van der Waals surface area contributed by atoms with Crippen molar-refractivity contribution < 1.29 is 93.5 Å². The predicted molar refractivity (Wildman–Crippen MR) is 466 cm³/mol. The summed E-state index contributed by atoms with van der Waals surface area (Å²) in [6.45, 7) is 26.5. The van der Waals surface area contributed by atoms with Crippen LogP contribution >= 0.6 is 39.1 Å². The van der Waals surface area contributed by atoms with Crippen LogP contribution in [0.15, 0.2) is 121 Å². The average Bonchev–Trinajstić information content (AvgIpc) is 1.57. The van der Waals surface area contributed by atoms with Gasteiger partial charge in [0.25, 0.3) is 10.1 Å². The number of nitrogens with one attached hydrogen (secondary N) is 3. The fourth-order valence-corrected chi connectivity index (χ4v) is 20.1. The molecule has 7 aromatic rings. The molecular weight excluding hydrogens is 1720 g/mol. The highest BCUT2D eigenvalue weighted by Gasteiger charge is 2.63. The summed E-state index contributed by atoms with van der Waals surface area (Å²) in [5.74, 6) is -1.56. The molecule has 666 valence electrons. The van der Waals surface area contributed by atoms with E-state index in [1.165, 1.54) is 62.2 Å². The molecule has 33 heteroatoms. The smallest absolute Gasteiger partial charge is 0.312 e. The summed E-state index contributed by atoms with van der Waals surface area (Å²) >= 11 is 16.4. The molecular formula is C91H109BrCl2N8O21S. The molecule has 15 rings (SSSR count). The predicted octanol–water partition coefficient (Wildman–Crippen LogP) is 15.9. The summed E-state index contributed by atoms with van der Waals surface area (Å²) in [5.41, 5.74) is -1.07. The van der Waals surface area contributed by atoms with E-state index < -0.39 is 103 Å². The summed E-state index contributed by atoms with van der Waals surface area (Å²) in [7, 11) is 0.0657. The fraction of sp³-hybridized carbons (Fsp3) is 0.538. The number of likely N-dealkylation sites (tertiary alicyclic amines) is 2. The summed E-state index contributed by atoms with van der Waals surface area (Å²) in [4.78, 5) is 132. The minimum absolute atomic E-state index is 0.0171. The topological polar surface area (TPSA) is 384 Å². The van der Waals surface area contributed by atoms with Crippen molar-refractivity contribution in [1.82, 2.24) is 30.1 Å². The number of hydrogen-bond acceptors (Lipinski definition) is 25. The van der Waals surface area contributed by atoms with Gasteiger partial charge in [-0.15, -0.1) is 13.2 Å². The van der Waals surface area contributed by atoms with Gasteiger partial charge < -0.3 is 68.0 Å². The van der Waals surface area contributed by atoms with Gasteiger partial charge in [-0.1, -0.05) is 103 Å². The molecule has 2 unspecified atom stereocenters. The number of H-pyrrole nitrogens is 1. The molecule has 8 aliphatic rings. The van der Waals surface area contributed by atoms with Crippen LogP contribution in [-0.2, 0) is 66.9 Å². The minimum Gasteiger partial charge on any atom is -0.495 e. The van der Waals surface area contributed by atoms with E-state index in [9.17, 15) is 56.7 Å². The summed E-state index contributed by atoms with van der Waals surface area (Å²) in [6, 6.07) is 17.7. The van der Waals surface area contributed by atoms with Gasteiger partial charge in [-0.25, -0.2) is 4.98 Å². The first-order valence-corrected chi connectivity index (χ1v) is 45.1. The van der Waals surface area contributed by atoms with Crippen molar-refractivity contribution in [2.24, 2.45) is 69.0 Å². The van der Waals surface area contributed by atoms with Crippen LogP contribution in [0, 0.1) is 69.0 Å². The number of esters is 3. The maximum absolute atomic E-state index is 14.7. The molecule has 124 heavy (non-hydrogen) atoms. The molecule has 6 saturated carbocycles. The van der Waals surface area contributed by atoms with Crippen molar-refractivity contribution in [3.8, 4) is 40.0 Å². The first kappa shape index (κ1) is 92.0. The van der Waals surface area contributed by atoms with Gasteiger partial charge in [0.05, 0.1) is 109 Å². The zero-order valence-corrected chi connectivity index (χ0v) is 75.9. The Bertz CT molecular complexity index is 5450. The van der Waals surface area contributed by atoms with E-state index in [4.69, 9.17) is 69.8 Å². The van der Waals surface area contributed by atoms with E-state index in [1.807, 2.05) is 69.2 Å². The van der Waals surface area contributed by atoms with Crippen LogP contribution in [0.25, 0.3) is 44.6 Å². The maximum Gasteiger partial charge on any atom is 0.312 e. The zero-order valence-electron chi connectivity index (χ0n) is 71.9. The molecule has 0 bridgehead atoms. The standard InChI is InChI=1S/C42H51ClN4O9.C33H42BrNO9S.C16H16ClN3O3/c1-8-24-18-42(24,40(51)52)19-32(48)31-14-26(20-47(31)39(50)28(41(4,5)6)15-36(49)55-25-12-22-11-23(22)13-25)54-34-16-29(30-17-35(56-46-30)44-21(2)3)45-38-27(34)9-10-33(53-7)37(38)43;1-6-21-16-33(21,31(39)42-5)17-28(36)27-14-24(44-45(40,41)25-9-7-22(34)8-10-25)18-35(27)30(38)26(32(2,3)4)15-29(37)43-23-12-19-11-20(19)13-23;1-8(2)18-14-7-11(20-23-14)10-6-12(21)9-4-5-13(22-3)15(17)16(9)19-10/h8-10,16-17,21-26,28,31,44H,1,11-15,18-20H2,2-7H3,(H,51,52);6-10,19-21,23-24,26-27H,1,11-18H2,2-5H3;4-8,18H,1-3H3,(H,19,21)/t22-,23+,24-,25?,26-,28-,31+,42-;19-,20+,21-,23?,24+,26-,27+,33-;/m11./s1. The molecule has 0 spiro atoms. The quantitative estimate of drug-likeness (QED) is 0.0136. The number of anilines is 2. The Balaban J connectivity index is 0.000000173. The number of benzene rings is 3. The number of carboxylic acids is 1. The molecule has 0 radical (unpaired) electrons. The molecule has 3 aromatic carbocycles. The molecule has 4 aromatic heterocycles. The zero-order chi connectivity index (χ0) is 89.7. The number of Topliss-reactive ketones (excluding diaryl/α,β-unsaturated/α-hetero) is 2. The minimum atomic E-state index is -4.23. The SMILES string of the molecule is C=C[C@@H]1C[C@]1(CC(=O)[C@@H]1C[C@@H](Oc2cc(-c3cc(NC(C)C)on3)nc3c(Cl)c(OC)ccc23)CN1C(=O)[C@@H](CC(=O)OC1C[C@@H]2C[C@@H]2C1)C(C)(C)C)C(=O)O.C=C[C@@H]1C[C@]1(CC(=O)[C@@H]1C[C@H](OS(=O)(=O)c2ccc(Br)cc2)CN1C(=O)[C@@H](CC(=O)OC1C[C@@H]2C[C@@H]2C1)C(C)(C)C)C(=O)OC.COc1ccc2c(=O)cc(-c3cc(NC(C)C)on3)[nH]c2c1Cl. The van der Waals surface area contributed by atoms with E-state index in [1.54, 1.807) is 66.7 Å². The van der Waals surface area contributed by atoms with Gasteiger partial charge in [-0.05, 0) is 174 Å². The van der Waals surface area contributed by atoms with Crippen LogP contribution in [0.5, 0.6) is 17.2 Å². The van der Waals surface area contributed by atoms with Crippen molar-refractivity contribution in [3.63, 3.8) is 0 Å². The number of carboxylic acid groups (broad SMARTS) is 1. The molecule has 2 saturated heterocycles. The average molecular weight is 1830 g/mol. The van der Waals surface area contributed by atoms with Crippen molar-refractivity contribution in [3.05, 3.63) is 123 Å². The molecule has 6 heterocycles. The van der Waals surface area contributed by atoms with E-state index in [0.717, 1.165) is 25.7 Å². The van der Waals surface area contributed by atoms with Crippen LogP contribution in [0.2, 0.25) is 10.0 Å². The van der Waals surface area contributed by atoms with Crippen LogP contribution in [0.1, 0.15) is 159 Å². The highest BCUT2D eigenvalue weighted by atomic mass is 79.9. The lowest BCUT2D eigenvalue weighted by Crippen LogP contribution is -2.48. The molecule has 4 N–H and O–H groups in total. The lowest BCUT2D eigenvalue weighted by Gasteiger charge is -2.35. The molecule has 2 aliphatic heterocycles. The fourth-order valence-electron chi connectivity index (χ4n) is 18.1. The highest BCUT2D eigenvalue weighted by Crippen LogP contribution is 2.59. The van der Waals surface area contributed by atoms with Crippen molar-refractivity contribution in [1.29, 1.82) is 0 Å². The normalized spacial score (nSPS) is 25.6. The number of methoxy groups -OCH3 is 3. The van der Waals surface area contributed by atoms with Crippen LogP contribution in [0.3, 0.4) is 0 Å². The Morgan fingerprint density at radius 3 is 1.58 bits per heavy atom. The molecule has 8 fully saturated rings. The number of ether oxygens (including phenoxy) is 6. The van der Waals surface area contributed by atoms with Crippen molar-refractivity contribution >= 4 is 130 Å². The number of fused-ring (bicyclic) bond motifs is 4.